The van der Waals surface area contributed by atoms with Crippen molar-refractivity contribution in [1.82, 2.24) is 4.57 Å². The van der Waals surface area contributed by atoms with Gasteiger partial charge in [-0.15, -0.1) is 0 Å². The molecule has 15 heteroatoms. The first kappa shape index (κ1) is 36.2. The Balaban J connectivity index is 1.84. The number of allylic oxidation sites excluding steroid dienone is 1. The fourth-order valence-electron chi connectivity index (χ4n) is 4.83. The highest BCUT2D eigenvalue weighted by Crippen LogP contribution is 2.38. The van der Waals surface area contributed by atoms with Gasteiger partial charge in [-0.25, -0.2) is 19.4 Å². The van der Waals surface area contributed by atoms with E-state index in [-0.39, 0.29) is 44.4 Å². The van der Waals surface area contributed by atoms with Crippen LogP contribution in [0.1, 0.15) is 44.9 Å². The maximum atomic E-state index is 14.1. The van der Waals surface area contributed by atoms with Gasteiger partial charge < -0.3 is 33.2 Å². The van der Waals surface area contributed by atoms with Crippen molar-refractivity contribution in [3.8, 4) is 23.0 Å². The Morgan fingerprint density at radius 1 is 0.917 bits per heavy atom. The summed E-state index contributed by atoms with van der Waals surface area (Å²) < 4.78 is 39.8. The number of thiazole rings is 1. The van der Waals surface area contributed by atoms with E-state index in [0.717, 1.165) is 11.3 Å². The molecule has 1 aromatic heterocycles. The van der Waals surface area contributed by atoms with Crippen LogP contribution < -0.4 is 33.8 Å². The zero-order valence-electron chi connectivity index (χ0n) is 27.2. The normalized spacial score (nSPS) is 14.1. The number of hydrogen-bond acceptors (Lipinski definition) is 13. The van der Waals surface area contributed by atoms with Gasteiger partial charge in [-0.05, 0) is 85.1 Å². The number of benzene rings is 2. The predicted octanol–water partition coefficient (Wildman–Crippen LogP) is 3.46. The molecule has 1 aliphatic heterocycles. The number of hydrogen-bond donors (Lipinski definition) is 0. The molecule has 0 spiro atoms. The Hall–Kier alpha value is -4.63. The lowest BCUT2D eigenvalue weighted by molar-refractivity contribution is -0.145. The molecule has 0 bridgehead atoms. The van der Waals surface area contributed by atoms with Crippen molar-refractivity contribution in [2.45, 2.75) is 33.7 Å². The molecule has 0 N–H and O–H groups in total. The fourth-order valence-corrected chi connectivity index (χ4v) is 6.45. The summed E-state index contributed by atoms with van der Waals surface area (Å²) in [5, 5.41) is 0. The number of carbonyl (C=O) groups is 3. The molecule has 0 aliphatic carbocycles. The molecule has 0 unspecified atom stereocenters. The van der Waals surface area contributed by atoms with Crippen LogP contribution in [0.4, 0.5) is 0 Å². The summed E-state index contributed by atoms with van der Waals surface area (Å²) in [7, 11) is 2.71. The van der Waals surface area contributed by atoms with E-state index >= 15 is 0 Å². The number of ether oxygens (including phenoxy) is 7. The summed E-state index contributed by atoms with van der Waals surface area (Å²) in [5.74, 6) is -0.506. The standard InChI is InChI=1S/C33H35BrN2O11S/c1-7-43-23-15-20(10-11-22(23)46-16-26(37)42-6)29-28(32(40)45-9-3)18(4)35-33-36(29)31(39)25(48-33)14-19-12-21(34)30(24(13-19)41-5)47-17-27(38)44-8-2/h10-15,29H,7-9,16-17H2,1-6H3/b25-14-/t29-/m1/s1. The second kappa shape index (κ2) is 16.5. The van der Waals surface area contributed by atoms with E-state index in [1.54, 1.807) is 64.1 Å². The molecule has 3 aromatic rings. The van der Waals surface area contributed by atoms with Gasteiger partial charge in [-0.2, -0.15) is 0 Å². The highest BCUT2D eigenvalue weighted by atomic mass is 79.9. The first-order chi connectivity index (χ1) is 23.1. The summed E-state index contributed by atoms with van der Waals surface area (Å²) in [6.45, 7) is 6.85. The number of nitrogens with zero attached hydrogens (tertiary/aromatic N) is 2. The molecular formula is C33H35BrN2O11S. The second-order valence-corrected chi connectivity index (χ2v) is 11.8. The third kappa shape index (κ3) is 8.08. The summed E-state index contributed by atoms with van der Waals surface area (Å²) in [4.78, 5) is 56.0. The molecule has 48 heavy (non-hydrogen) atoms. The maximum absolute atomic E-state index is 14.1. The predicted molar refractivity (Wildman–Crippen MR) is 178 cm³/mol. The number of carbonyl (C=O) groups excluding carboxylic acids is 3. The van der Waals surface area contributed by atoms with Crippen molar-refractivity contribution < 1.29 is 47.5 Å². The van der Waals surface area contributed by atoms with Crippen LogP contribution in [0.3, 0.4) is 0 Å². The number of rotatable bonds is 14. The van der Waals surface area contributed by atoms with E-state index in [2.05, 4.69) is 25.7 Å². The zero-order valence-corrected chi connectivity index (χ0v) is 29.7. The number of aromatic nitrogens is 1. The summed E-state index contributed by atoms with van der Waals surface area (Å²) in [6.07, 6.45) is 1.67. The Morgan fingerprint density at radius 3 is 2.31 bits per heavy atom. The average molecular weight is 748 g/mol. The van der Waals surface area contributed by atoms with Crippen LogP contribution in [0.2, 0.25) is 0 Å². The van der Waals surface area contributed by atoms with Gasteiger partial charge in [0, 0.05) is 0 Å². The molecule has 0 radical (unpaired) electrons. The van der Waals surface area contributed by atoms with Crippen molar-refractivity contribution in [1.29, 1.82) is 0 Å². The van der Waals surface area contributed by atoms with E-state index in [1.807, 2.05) is 0 Å². The molecule has 1 atom stereocenters. The lowest BCUT2D eigenvalue weighted by Gasteiger charge is -2.25. The maximum Gasteiger partial charge on any atom is 0.344 e. The van der Waals surface area contributed by atoms with Crippen LogP contribution in [0, 0.1) is 0 Å². The number of halogens is 1. The average Bonchev–Trinajstić information content (AvgIpc) is 3.36. The highest BCUT2D eigenvalue weighted by Gasteiger charge is 2.34. The third-order valence-corrected chi connectivity index (χ3v) is 8.43. The topological polar surface area (TPSA) is 150 Å². The molecule has 0 amide bonds. The largest absolute Gasteiger partial charge is 0.493 e. The Morgan fingerprint density at radius 2 is 1.65 bits per heavy atom. The van der Waals surface area contributed by atoms with Crippen molar-refractivity contribution in [2.24, 2.45) is 4.99 Å². The SMILES string of the molecule is CCOC(=O)COc1c(Br)cc(/C=c2\sc3n(c2=O)[C@H](c2ccc(OCC(=O)OC)c(OCC)c2)C(C(=O)OCC)=C(C)N=3)cc1OC. The van der Waals surface area contributed by atoms with Crippen LogP contribution >= 0.6 is 27.3 Å². The molecule has 1 aliphatic rings. The Bertz CT molecular complexity index is 1910. The van der Waals surface area contributed by atoms with Gasteiger partial charge in [-0.1, -0.05) is 17.4 Å². The summed E-state index contributed by atoms with van der Waals surface area (Å²) in [5.41, 5.74) is 1.30. The van der Waals surface area contributed by atoms with Crippen molar-refractivity contribution >= 4 is 51.3 Å². The van der Waals surface area contributed by atoms with E-state index in [0.29, 0.717) is 47.9 Å². The molecule has 256 valence electrons. The Labute approximate surface area is 288 Å². The van der Waals surface area contributed by atoms with Gasteiger partial charge in [-0.3, -0.25) is 9.36 Å². The zero-order chi connectivity index (χ0) is 35.0. The lowest BCUT2D eigenvalue weighted by atomic mass is 9.95. The molecule has 2 aromatic carbocycles. The van der Waals surface area contributed by atoms with Gasteiger partial charge in [0.2, 0.25) is 0 Å². The van der Waals surface area contributed by atoms with Crippen LogP contribution in [-0.2, 0) is 28.6 Å². The van der Waals surface area contributed by atoms with Gasteiger partial charge in [0.15, 0.2) is 41.0 Å². The molecule has 4 rings (SSSR count). The number of esters is 3. The smallest absolute Gasteiger partial charge is 0.344 e. The first-order valence-electron chi connectivity index (χ1n) is 14.9. The van der Waals surface area contributed by atoms with E-state index in [4.69, 9.17) is 28.4 Å². The minimum Gasteiger partial charge on any atom is -0.493 e. The second-order valence-electron chi connectivity index (χ2n) is 9.93. The first-order valence-corrected chi connectivity index (χ1v) is 16.5. The minimum atomic E-state index is -0.920. The van der Waals surface area contributed by atoms with E-state index < -0.39 is 29.5 Å². The van der Waals surface area contributed by atoms with E-state index in [9.17, 15) is 19.2 Å². The van der Waals surface area contributed by atoms with Crippen molar-refractivity contribution in [3.05, 3.63) is 76.9 Å². The van der Waals surface area contributed by atoms with Crippen LogP contribution in [0.5, 0.6) is 23.0 Å². The van der Waals surface area contributed by atoms with Crippen LogP contribution in [0.25, 0.3) is 6.08 Å². The fraction of sp³-hybridized carbons (Fsp3) is 0.364. The van der Waals surface area contributed by atoms with Gasteiger partial charge >= 0.3 is 17.9 Å². The van der Waals surface area contributed by atoms with Crippen molar-refractivity contribution in [3.63, 3.8) is 0 Å². The van der Waals surface area contributed by atoms with Crippen molar-refractivity contribution in [2.75, 3.05) is 47.3 Å². The summed E-state index contributed by atoms with van der Waals surface area (Å²) in [6, 6.07) is 7.41. The molecule has 0 saturated carbocycles. The quantitative estimate of drug-likeness (QED) is 0.176. The Kier molecular flexibility index (Phi) is 12.4. The van der Waals surface area contributed by atoms with E-state index in [1.165, 1.54) is 18.8 Å². The molecule has 2 heterocycles. The monoisotopic (exact) mass is 746 g/mol. The number of methoxy groups -OCH3 is 2. The van der Waals surface area contributed by atoms with Crippen LogP contribution in [0.15, 0.2) is 55.9 Å². The van der Waals surface area contributed by atoms with Gasteiger partial charge in [0.05, 0.1) is 60.4 Å². The molecule has 13 nitrogen and oxygen atoms in total. The highest BCUT2D eigenvalue weighted by molar-refractivity contribution is 9.10. The summed E-state index contributed by atoms with van der Waals surface area (Å²) >= 11 is 4.62. The minimum absolute atomic E-state index is 0.119. The van der Waals surface area contributed by atoms with Gasteiger partial charge in [0.1, 0.15) is 0 Å². The molecule has 0 fully saturated rings. The lowest BCUT2D eigenvalue weighted by Crippen LogP contribution is -2.40. The molecule has 0 saturated heterocycles. The molecular weight excluding hydrogens is 712 g/mol. The number of fused-ring (bicyclic) bond motifs is 1. The van der Waals surface area contributed by atoms with Crippen LogP contribution in [-0.4, -0.2) is 69.7 Å². The third-order valence-electron chi connectivity index (χ3n) is 6.86. The van der Waals surface area contributed by atoms with Gasteiger partial charge in [0.25, 0.3) is 5.56 Å².